The predicted molar refractivity (Wildman–Crippen MR) is 79.4 cm³/mol. The summed E-state index contributed by atoms with van der Waals surface area (Å²) in [6.07, 6.45) is 0. The lowest BCUT2D eigenvalue weighted by atomic mass is 10.1. The van der Waals surface area contributed by atoms with E-state index in [0.29, 0.717) is 5.69 Å². The third kappa shape index (κ3) is 3.66. The van der Waals surface area contributed by atoms with E-state index in [2.05, 4.69) is 0 Å². The molecule has 0 amide bonds. The van der Waals surface area contributed by atoms with E-state index in [4.69, 9.17) is 0 Å². The minimum Gasteiger partial charge on any atom is -0.293 e. The lowest BCUT2D eigenvalue weighted by Crippen LogP contribution is -2.32. The van der Waals surface area contributed by atoms with Crippen LogP contribution >= 0.6 is 0 Å². The van der Waals surface area contributed by atoms with Crippen LogP contribution in [0.15, 0.2) is 54.6 Å². The molecule has 110 valence electrons. The Morgan fingerprint density at radius 3 is 2.19 bits per heavy atom. The van der Waals surface area contributed by atoms with E-state index < -0.39 is 27.4 Å². The summed E-state index contributed by atoms with van der Waals surface area (Å²) in [5, 5.41) is 0. The number of rotatable bonds is 5. The molecule has 0 aliphatic carbocycles. The molecule has 0 fully saturated rings. The van der Waals surface area contributed by atoms with Crippen LogP contribution in [0.2, 0.25) is 0 Å². The van der Waals surface area contributed by atoms with E-state index in [0.717, 1.165) is 16.4 Å². The summed E-state index contributed by atoms with van der Waals surface area (Å²) in [6, 6.07) is 13.3. The van der Waals surface area contributed by atoms with E-state index in [1.165, 1.54) is 19.2 Å². The highest BCUT2D eigenvalue weighted by Gasteiger charge is 2.23. The summed E-state index contributed by atoms with van der Waals surface area (Å²) in [7, 11) is -2.39. The molecule has 0 saturated carbocycles. The van der Waals surface area contributed by atoms with E-state index in [1.54, 1.807) is 30.3 Å². The van der Waals surface area contributed by atoms with Gasteiger partial charge in [-0.15, -0.1) is 0 Å². The quantitative estimate of drug-likeness (QED) is 0.797. The molecule has 6 heteroatoms. The maximum atomic E-state index is 12.8. The molecule has 0 atom stereocenters. The molecule has 2 rings (SSSR count). The fourth-order valence-electron chi connectivity index (χ4n) is 1.78. The minimum absolute atomic E-state index is 0.168. The Labute approximate surface area is 122 Å². The fraction of sp³-hybridized carbons (Fsp3) is 0.133. The molecule has 2 aromatic carbocycles. The Bertz CT molecular complexity index is 727. The maximum Gasteiger partial charge on any atom is 0.242 e. The van der Waals surface area contributed by atoms with Gasteiger partial charge < -0.3 is 0 Å². The van der Waals surface area contributed by atoms with Crippen molar-refractivity contribution in [3.8, 4) is 0 Å². The number of nitrogens with zero attached hydrogens (tertiary/aromatic N) is 1. The first kappa shape index (κ1) is 15.2. The lowest BCUT2D eigenvalue weighted by Gasteiger charge is -2.18. The summed E-state index contributed by atoms with van der Waals surface area (Å²) < 4.78 is 38.3. The molecule has 0 radical (unpaired) electrons. The van der Waals surface area contributed by atoms with Gasteiger partial charge in [-0.25, -0.2) is 12.8 Å². The van der Waals surface area contributed by atoms with Crippen LogP contribution in [0.1, 0.15) is 10.4 Å². The smallest absolute Gasteiger partial charge is 0.242 e. The van der Waals surface area contributed by atoms with Gasteiger partial charge in [-0.2, -0.15) is 0 Å². The zero-order valence-electron chi connectivity index (χ0n) is 11.4. The van der Waals surface area contributed by atoms with E-state index in [1.807, 2.05) is 0 Å². The largest absolute Gasteiger partial charge is 0.293 e. The monoisotopic (exact) mass is 307 g/mol. The van der Waals surface area contributed by atoms with E-state index in [9.17, 15) is 17.6 Å². The Balaban J connectivity index is 2.17. The summed E-state index contributed by atoms with van der Waals surface area (Å²) >= 11 is 0. The van der Waals surface area contributed by atoms with Gasteiger partial charge >= 0.3 is 0 Å². The van der Waals surface area contributed by atoms with Crippen molar-refractivity contribution in [2.24, 2.45) is 0 Å². The van der Waals surface area contributed by atoms with Crippen LogP contribution in [0.3, 0.4) is 0 Å². The summed E-state index contributed by atoms with van der Waals surface area (Å²) in [4.78, 5) is 12.0. The van der Waals surface area contributed by atoms with Crippen LogP contribution in [0.25, 0.3) is 0 Å². The molecule has 0 heterocycles. The number of carbonyl (C=O) groups is 1. The van der Waals surface area contributed by atoms with E-state index in [-0.39, 0.29) is 5.56 Å². The molecular formula is C15H14FNO3S. The molecule has 0 aliphatic heterocycles. The normalized spacial score (nSPS) is 11.1. The maximum absolute atomic E-state index is 12.8. The Morgan fingerprint density at radius 2 is 1.62 bits per heavy atom. The van der Waals surface area contributed by atoms with Gasteiger partial charge in [0.1, 0.15) is 11.6 Å². The lowest BCUT2D eigenvalue weighted by molar-refractivity contribution is 0.102. The second kappa shape index (κ2) is 6.05. The number of hydrogen-bond donors (Lipinski definition) is 0. The second-order valence-electron chi connectivity index (χ2n) is 4.49. The molecular weight excluding hydrogens is 293 g/mol. The standard InChI is InChI=1S/C15H14FNO3S/c1-17(14-5-3-2-4-6-14)21(19,20)11-15(18)12-7-9-13(16)10-8-12/h2-10H,11H2,1H3. The summed E-state index contributed by atoms with van der Waals surface area (Å²) in [6.45, 7) is 0. The van der Waals surface area contributed by atoms with Crippen molar-refractivity contribution < 1.29 is 17.6 Å². The average molecular weight is 307 g/mol. The first-order chi connectivity index (χ1) is 9.90. The molecule has 0 bridgehead atoms. The molecule has 0 spiro atoms. The van der Waals surface area contributed by atoms with Gasteiger partial charge in [0.25, 0.3) is 0 Å². The summed E-state index contributed by atoms with van der Waals surface area (Å²) in [5.74, 6) is -1.71. The number of carbonyl (C=O) groups excluding carboxylic acids is 1. The van der Waals surface area contributed by atoms with Crippen LogP contribution in [-0.2, 0) is 10.0 Å². The topological polar surface area (TPSA) is 54.5 Å². The molecule has 0 N–H and O–H groups in total. The number of anilines is 1. The van der Waals surface area contributed by atoms with Gasteiger partial charge in [-0.05, 0) is 36.4 Å². The molecule has 4 nitrogen and oxygen atoms in total. The van der Waals surface area contributed by atoms with Crippen molar-refractivity contribution in [1.82, 2.24) is 0 Å². The molecule has 0 saturated heterocycles. The van der Waals surface area contributed by atoms with Crippen LogP contribution < -0.4 is 4.31 Å². The van der Waals surface area contributed by atoms with Crippen molar-refractivity contribution in [2.45, 2.75) is 0 Å². The molecule has 2 aromatic rings. The second-order valence-corrected chi connectivity index (χ2v) is 6.49. The number of hydrogen-bond acceptors (Lipinski definition) is 3. The molecule has 21 heavy (non-hydrogen) atoms. The Hall–Kier alpha value is -2.21. The van der Waals surface area contributed by atoms with Crippen molar-refractivity contribution in [1.29, 1.82) is 0 Å². The van der Waals surface area contributed by atoms with Gasteiger partial charge in [0, 0.05) is 12.6 Å². The number of halogens is 1. The Kier molecular flexibility index (Phi) is 4.37. The van der Waals surface area contributed by atoms with Gasteiger partial charge in [0.05, 0.1) is 5.69 Å². The van der Waals surface area contributed by atoms with Crippen LogP contribution in [-0.4, -0.2) is 27.0 Å². The van der Waals surface area contributed by atoms with Gasteiger partial charge in [-0.1, -0.05) is 18.2 Å². The number of sulfonamides is 1. The first-order valence-corrected chi connectivity index (χ1v) is 7.81. The van der Waals surface area contributed by atoms with Crippen molar-refractivity contribution in [3.63, 3.8) is 0 Å². The average Bonchev–Trinajstić information content (AvgIpc) is 2.47. The van der Waals surface area contributed by atoms with Crippen molar-refractivity contribution >= 4 is 21.5 Å². The van der Waals surface area contributed by atoms with Crippen molar-refractivity contribution in [2.75, 3.05) is 17.1 Å². The highest BCUT2D eigenvalue weighted by atomic mass is 32.2. The number of Topliss-reactive ketones (excluding diaryl/α,β-unsaturated/α-hetero) is 1. The van der Waals surface area contributed by atoms with Gasteiger partial charge in [0.15, 0.2) is 5.78 Å². The molecule has 0 aromatic heterocycles. The number of benzene rings is 2. The first-order valence-electron chi connectivity index (χ1n) is 6.20. The van der Waals surface area contributed by atoms with Crippen LogP contribution in [0.4, 0.5) is 10.1 Å². The summed E-state index contributed by atoms with van der Waals surface area (Å²) in [5.41, 5.74) is 0.644. The Morgan fingerprint density at radius 1 is 1.05 bits per heavy atom. The SMILES string of the molecule is CN(c1ccccc1)S(=O)(=O)CC(=O)c1ccc(F)cc1. The molecule has 0 aliphatic rings. The third-order valence-corrected chi connectivity index (χ3v) is 4.69. The fourth-order valence-corrected chi connectivity index (χ4v) is 2.91. The number of ketones is 1. The minimum atomic E-state index is -3.78. The zero-order chi connectivity index (χ0) is 15.5. The third-order valence-electron chi connectivity index (χ3n) is 3.02. The molecule has 0 unspecified atom stereocenters. The highest BCUT2D eigenvalue weighted by Crippen LogP contribution is 2.16. The van der Waals surface area contributed by atoms with Gasteiger partial charge in [-0.3, -0.25) is 9.10 Å². The van der Waals surface area contributed by atoms with Crippen LogP contribution in [0.5, 0.6) is 0 Å². The predicted octanol–water partition coefficient (Wildman–Crippen LogP) is 2.47. The van der Waals surface area contributed by atoms with Gasteiger partial charge in [0.2, 0.25) is 10.0 Å². The van der Waals surface area contributed by atoms with Crippen LogP contribution in [0, 0.1) is 5.82 Å². The highest BCUT2D eigenvalue weighted by molar-refractivity contribution is 7.93. The van der Waals surface area contributed by atoms with E-state index >= 15 is 0 Å². The van der Waals surface area contributed by atoms with Crippen molar-refractivity contribution in [3.05, 3.63) is 66.0 Å². The zero-order valence-corrected chi connectivity index (χ0v) is 12.2. The number of para-hydroxylation sites is 1.